The van der Waals surface area contributed by atoms with Gasteiger partial charge in [-0.2, -0.15) is 5.26 Å². The van der Waals surface area contributed by atoms with E-state index in [1.54, 1.807) is 42.5 Å². The minimum Gasteiger partial charge on any atom is -0.490 e. The van der Waals surface area contributed by atoms with Gasteiger partial charge in [-0.15, -0.1) is 0 Å². The number of urea groups is 1. The third-order valence-corrected chi connectivity index (χ3v) is 5.70. The second-order valence-corrected chi connectivity index (χ2v) is 8.49. The van der Waals surface area contributed by atoms with Crippen LogP contribution in [0.3, 0.4) is 0 Å². The predicted octanol–water partition coefficient (Wildman–Crippen LogP) is 4.38. The van der Waals surface area contributed by atoms with Crippen molar-refractivity contribution >= 4 is 29.6 Å². The van der Waals surface area contributed by atoms with Crippen molar-refractivity contribution in [3.05, 3.63) is 94.7 Å². The van der Waals surface area contributed by atoms with Crippen molar-refractivity contribution < 1.29 is 23.9 Å². The van der Waals surface area contributed by atoms with Crippen LogP contribution in [-0.4, -0.2) is 35.9 Å². The third-order valence-electron chi connectivity index (χ3n) is 5.70. The number of carbonyl (C=O) groups excluding carboxylic acids is 3. The zero-order chi connectivity index (χ0) is 27.1. The summed E-state index contributed by atoms with van der Waals surface area (Å²) in [6.45, 7) is 3.90. The van der Waals surface area contributed by atoms with E-state index in [-0.39, 0.29) is 12.3 Å². The van der Waals surface area contributed by atoms with Crippen LogP contribution in [0.5, 0.6) is 11.5 Å². The summed E-state index contributed by atoms with van der Waals surface area (Å²) >= 11 is 0. The predicted molar refractivity (Wildman–Crippen MR) is 141 cm³/mol. The fourth-order valence-electron chi connectivity index (χ4n) is 3.78. The van der Waals surface area contributed by atoms with Crippen LogP contribution in [0.2, 0.25) is 0 Å². The van der Waals surface area contributed by atoms with E-state index >= 15 is 0 Å². The van der Waals surface area contributed by atoms with Gasteiger partial charge in [-0.05, 0) is 55.8 Å². The molecule has 0 atom stereocenters. The van der Waals surface area contributed by atoms with E-state index in [4.69, 9.17) is 9.47 Å². The molecule has 0 unspecified atom stereocenters. The quantitative estimate of drug-likeness (QED) is 0.326. The van der Waals surface area contributed by atoms with E-state index in [2.05, 4.69) is 16.7 Å². The molecule has 9 heteroatoms. The second-order valence-electron chi connectivity index (χ2n) is 8.49. The molecule has 0 bridgehead atoms. The average molecular weight is 511 g/mol. The number of rotatable bonds is 9. The number of nitriles is 1. The van der Waals surface area contributed by atoms with Crippen molar-refractivity contribution in [1.29, 1.82) is 5.26 Å². The first-order chi connectivity index (χ1) is 18.4. The summed E-state index contributed by atoms with van der Waals surface area (Å²) in [7, 11) is 0. The van der Waals surface area contributed by atoms with E-state index in [1.807, 2.05) is 38.1 Å². The normalized spacial score (nSPS) is 13.7. The van der Waals surface area contributed by atoms with Gasteiger partial charge >= 0.3 is 6.03 Å². The van der Waals surface area contributed by atoms with Gasteiger partial charge in [0.05, 0.1) is 18.2 Å². The molecule has 0 aromatic heterocycles. The number of imide groups is 1. The third kappa shape index (κ3) is 6.17. The zero-order valence-corrected chi connectivity index (χ0v) is 21.0. The first-order valence-electron chi connectivity index (χ1n) is 12.0. The van der Waals surface area contributed by atoms with Gasteiger partial charge in [0.15, 0.2) is 11.5 Å². The van der Waals surface area contributed by atoms with Crippen LogP contribution in [0.15, 0.2) is 72.4 Å². The lowest BCUT2D eigenvalue weighted by atomic mass is 10.1. The second kappa shape index (κ2) is 11.8. The number of anilines is 1. The maximum absolute atomic E-state index is 12.9. The fraction of sp³-hybridized carbons (Fsp3) is 0.172. The first kappa shape index (κ1) is 26.0. The van der Waals surface area contributed by atoms with E-state index in [9.17, 15) is 19.6 Å². The van der Waals surface area contributed by atoms with Gasteiger partial charge < -0.3 is 20.1 Å². The number of nitrogens with one attached hydrogen (secondary N) is 2. The van der Waals surface area contributed by atoms with Crippen molar-refractivity contribution in [1.82, 2.24) is 10.2 Å². The van der Waals surface area contributed by atoms with Gasteiger partial charge in [0.1, 0.15) is 18.8 Å². The van der Waals surface area contributed by atoms with Gasteiger partial charge in [-0.25, -0.2) is 9.69 Å². The highest BCUT2D eigenvalue weighted by Gasteiger charge is 2.35. The van der Waals surface area contributed by atoms with Crippen LogP contribution in [0.25, 0.3) is 6.08 Å². The van der Waals surface area contributed by atoms with E-state index in [0.29, 0.717) is 34.9 Å². The molecular weight excluding hydrogens is 484 g/mol. The summed E-state index contributed by atoms with van der Waals surface area (Å²) in [6, 6.07) is 20.9. The standard InChI is InChI=1S/C29H26N4O5/c1-3-37-26-15-20(10-13-25(26)38-18-22-7-5-4-6-21(22)16-30)14-24-28(35)33(29(36)32-24)17-27(34)31-23-11-8-19(2)9-12-23/h4-15H,3,17-18H2,1-2H3,(H,31,34)(H,32,36). The highest BCUT2D eigenvalue weighted by atomic mass is 16.5. The Morgan fingerprint density at radius 1 is 1.05 bits per heavy atom. The maximum Gasteiger partial charge on any atom is 0.329 e. The van der Waals surface area contributed by atoms with Crippen molar-refractivity contribution in [2.24, 2.45) is 0 Å². The van der Waals surface area contributed by atoms with Crippen molar-refractivity contribution in [2.75, 3.05) is 18.5 Å². The van der Waals surface area contributed by atoms with Crippen LogP contribution >= 0.6 is 0 Å². The number of amides is 4. The van der Waals surface area contributed by atoms with Crippen molar-refractivity contribution in [2.45, 2.75) is 20.5 Å². The number of carbonyl (C=O) groups is 3. The smallest absolute Gasteiger partial charge is 0.329 e. The first-order valence-corrected chi connectivity index (χ1v) is 12.0. The topological polar surface area (TPSA) is 121 Å². The van der Waals surface area contributed by atoms with Crippen LogP contribution in [-0.2, 0) is 16.2 Å². The number of benzene rings is 3. The Morgan fingerprint density at radius 2 is 1.82 bits per heavy atom. The Labute approximate surface area is 220 Å². The molecule has 1 heterocycles. The van der Waals surface area contributed by atoms with Crippen molar-refractivity contribution in [3.8, 4) is 17.6 Å². The average Bonchev–Trinajstić information content (AvgIpc) is 3.17. The van der Waals surface area contributed by atoms with Gasteiger partial charge in [0, 0.05) is 11.3 Å². The minimum absolute atomic E-state index is 0.0391. The van der Waals surface area contributed by atoms with E-state index < -0.39 is 24.4 Å². The van der Waals surface area contributed by atoms with Crippen LogP contribution in [0.4, 0.5) is 10.5 Å². The van der Waals surface area contributed by atoms with Crippen molar-refractivity contribution in [3.63, 3.8) is 0 Å². The van der Waals surface area contributed by atoms with Crippen LogP contribution < -0.4 is 20.1 Å². The lowest BCUT2D eigenvalue weighted by Crippen LogP contribution is -2.38. The lowest BCUT2D eigenvalue weighted by Gasteiger charge is -2.13. The number of aryl methyl sites for hydroxylation is 1. The van der Waals surface area contributed by atoms with Gasteiger partial charge in [-0.3, -0.25) is 9.59 Å². The van der Waals surface area contributed by atoms with Gasteiger partial charge in [0.2, 0.25) is 5.91 Å². The van der Waals surface area contributed by atoms with Gasteiger partial charge in [0.25, 0.3) is 5.91 Å². The summed E-state index contributed by atoms with van der Waals surface area (Å²) in [5.74, 6) is -0.183. The van der Waals surface area contributed by atoms with Crippen LogP contribution in [0, 0.1) is 18.3 Å². The Hall–Kier alpha value is -5.10. The molecule has 0 aliphatic carbocycles. The largest absolute Gasteiger partial charge is 0.490 e. The molecule has 1 saturated heterocycles. The van der Waals surface area contributed by atoms with E-state index in [0.717, 1.165) is 16.0 Å². The molecule has 0 spiro atoms. The molecule has 1 aliphatic heterocycles. The SMILES string of the molecule is CCOc1cc(C=C2NC(=O)N(CC(=O)Nc3ccc(C)cc3)C2=O)ccc1OCc1ccccc1C#N. The Bertz CT molecular complexity index is 1440. The maximum atomic E-state index is 12.9. The molecule has 9 nitrogen and oxygen atoms in total. The molecule has 38 heavy (non-hydrogen) atoms. The molecule has 2 N–H and O–H groups in total. The summed E-state index contributed by atoms with van der Waals surface area (Å²) in [5.41, 5.74) is 3.52. The Morgan fingerprint density at radius 3 is 2.55 bits per heavy atom. The molecular formula is C29H26N4O5. The summed E-state index contributed by atoms with van der Waals surface area (Å²) in [4.78, 5) is 38.5. The fourth-order valence-corrected chi connectivity index (χ4v) is 3.78. The highest BCUT2D eigenvalue weighted by molar-refractivity contribution is 6.16. The summed E-state index contributed by atoms with van der Waals surface area (Å²) in [6.07, 6.45) is 1.51. The number of ether oxygens (including phenoxy) is 2. The summed E-state index contributed by atoms with van der Waals surface area (Å²) in [5, 5.41) is 14.5. The molecule has 4 rings (SSSR count). The molecule has 3 aromatic rings. The zero-order valence-electron chi connectivity index (χ0n) is 21.0. The molecule has 3 aromatic carbocycles. The van der Waals surface area contributed by atoms with Gasteiger partial charge in [-0.1, -0.05) is 42.0 Å². The Balaban J connectivity index is 1.45. The molecule has 0 saturated carbocycles. The Kier molecular flexibility index (Phi) is 8.04. The number of hydrogen-bond donors (Lipinski definition) is 2. The number of hydrogen-bond acceptors (Lipinski definition) is 6. The van der Waals surface area contributed by atoms with E-state index in [1.165, 1.54) is 6.08 Å². The molecule has 0 radical (unpaired) electrons. The monoisotopic (exact) mass is 510 g/mol. The molecule has 1 aliphatic rings. The highest BCUT2D eigenvalue weighted by Crippen LogP contribution is 2.30. The summed E-state index contributed by atoms with van der Waals surface area (Å²) < 4.78 is 11.6. The molecule has 4 amide bonds. The molecule has 1 fully saturated rings. The number of nitrogens with zero attached hydrogens (tertiary/aromatic N) is 2. The van der Waals surface area contributed by atoms with Crippen LogP contribution in [0.1, 0.15) is 29.2 Å². The lowest BCUT2D eigenvalue weighted by molar-refractivity contribution is -0.127. The minimum atomic E-state index is -0.679. The molecule has 192 valence electrons.